The Morgan fingerprint density at radius 1 is 0.846 bits per heavy atom. The minimum absolute atomic E-state index is 0.0121. The lowest BCUT2D eigenvalue weighted by Crippen LogP contribution is -2.23. The van der Waals surface area contributed by atoms with Crippen molar-refractivity contribution in [3.05, 3.63) is 47.5 Å². The standard InChI is InChI=1S/C16H20ClN3O4S2/c1-19(2)16-10-9-14(26(23,24)20(3)4)11-15(16)18-25(21,22)13-7-5-12(17)6-8-13/h5-11,18H,1-4H3. The number of hydrogen-bond donors (Lipinski definition) is 1. The van der Waals surface area contributed by atoms with Crippen LogP contribution in [0.3, 0.4) is 0 Å². The van der Waals surface area contributed by atoms with Crippen LogP contribution in [0.15, 0.2) is 52.3 Å². The molecule has 0 aliphatic rings. The Hall–Kier alpha value is -1.81. The van der Waals surface area contributed by atoms with Crippen LogP contribution in [-0.4, -0.2) is 49.3 Å². The highest BCUT2D eigenvalue weighted by molar-refractivity contribution is 7.92. The summed E-state index contributed by atoms with van der Waals surface area (Å²) in [6.07, 6.45) is 0. The average molecular weight is 418 g/mol. The molecule has 0 spiro atoms. The monoisotopic (exact) mass is 417 g/mol. The maximum absolute atomic E-state index is 12.6. The fourth-order valence-corrected chi connectivity index (χ4v) is 4.30. The topological polar surface area (TPSA) is 86.8 Å². The molecule has 26 heavy (non-hydrogen) atoms. The molecule has 0 bridgehead atoms. The van der Waals surface area contributed by atoms with Gasteiger partial charge in [0.25, 0.3) is 10.0 Å². The lowest BCUT2D eigenvalue weighted by Gasteiger charge is -2.20. The molecule has 0 aliphatic carbocycles. The molecule has 0 fully saturated rings. The first kappa shape index (κ1) is 20.5. The minimum atomic E-state index is -3.91. The van der Waals surface area contributed by atoms with E-state index in [4.69, 9.17) is 11.6 Å². The molecule has 7 nitrogen and oxygen atoms in total. The summed E-state index contributed by atoms with van der Waals surface area (Å²) in [7, 11) is -1.34. The van der Waals surface area contributed by atoms with Gasteiger partial charge in [-0.2, -0.15) is 0 Å². The number of sulfonamides is 2. The lowest BCUT2D eigenvalue weighted by atomic mass is 10.2. The second-order valence-corrected chi connectivity index (χ2v) is 10.2. The Bertz CT molecular complexity index is 1000. The highest BCUT2D eigenvalue weighted by Gasteiger charge is 2.22. The molecule has 2 rings (SSSR count). The van der Waals surface area contributed by atoms with Crippen molar-refractivity contribution in [1.82, 2.24) is 4.31 Å². The second-order valence-electron chi connectivity index (χ2n) is 5.92. The summed E-state index contributed by atoms with van der Waals surface area (Å²) in [5, 5.41) is 0.414. The molecular weight excluding hydrogens is 398 g/mol. The van der Waals surface area contributed by atoms with Gasteiger partial charge in [0, 0.05) is 33.2 Å². The van der Waals surface area contributed by atoms with Gasteiger partial charge in [-0.25, -0.2) is 21.1 Å². The summed E-state index contributed by atoms with van der Waals surface area (Å²) in [5.74, 6) is 0. The maximum Gasteiger partial charge on any atom is 0.261 e. The summed E-state index contributed by atoms with van der Waals surface area (Å²) >= 11 is 5.80. The zero-order valence-electron chi connectivity index (χ0n) is 14.8. The van der Waals surface area contributed by atoms with E-state index in [1.165, 1.54) is 50.5 Å². The van der Waals surface area contributed by atoms with E-state index in [1.807, 2.05) is 0 Å². The van der Waals surface area contributed by atoms with Crippen LogP contribution in [0.25, 0.3) is 0 Å². The number of halogens is 1. The Labute approximate surface area is 159 Å². The van der Waals surface area contributed by atoms with E-state index in [0.29, 0.717) is 10.7 Å². The molecule has 0 atom stereocenters. The molecule has 0 aliphatic heterocycles. The predicted octanol–water partition coefficient (Wildman–Crippen LogP) is 2.46. The highest BCUT2D eigenvalue weighted by atomic mass is 35.5. The Morgan fingerprint density at radius 2 is 1.38 bits per heavy atom. The Balaban J connectivity index is 2.54. The number of rotatable bonds is 6. The second kappa shape index (κ2) is 7.43. The Kier molecular flexibility index (Phi) is 5.86. The summed E-state index contributed by atoms with van der Waals surface area (Å²) < 4.78 is 53.5. The van der Waals surface area contributed by atoms with Crippen molar-refractivity contribution in [3.8, 4) is 0 Å². The van der Waals surface area contributed by atoms with E-state index in [2.05, 4.69) is 4.72 Å². The van der Waals surface area contributed by atoms with Gasteiger partial charge < -0.3 is 4.90 Å². The molecule has 2 aromatic carbocycles. The van der Waals surface area contributed by atoms with Crippen molar-refractivity contribution in [2.24, 2.45) is 0 Å². The van der Waals surface area contributed by atoms with Crippen LogP contribution in [0.2, 0.25) is 5.02 Å². The zero-order valence-corrected chi connectivity index (χ0v) is 17.2. The highest BCUT2D eigenvalue weighted by Crippen LogP contribution is 2.30. The molecule has 1 N–H and O–H groups in total. The van der Waals surface area contributed by atoms with E-state index >= 15 is 0 Å². The molecule has 0 unspecified atom stereocenters. The van der Waals surface area contributed by atoms with Gasteiger partial charge in [0.2, 0.25) is 10.0 Å². The molecule has 142 valence electrons. The van der Waals surface area contributed by atoms with Crippen LogP contribution in [0.5, 0.6) is 0 Å². The summed E-state index contributed by atoms with van der Waals surface area (Å²) in [6.45, 7) is 0. The van der Waals surface area contributed by atoms with Crippen molar-refractivity contribution in [3.63, 3.8) is 0 Å². The third-order valence-electron chi connectivity index (χ3n) is 3.60. The van der Waals surface area contributed by atoms with Crippen LogP contribution in [-0.2, 0) is 20.0 Å². The first-order valence-corrected chi connectivity index (χ1v) is 10.8. The first-order valence-electron chi connectivity index (χ1n) is 7.47. The molecule has 0 saturated heterocycles. The molecule has 10 heteroatoms. The number of hydrogen-bond acceptors (Lipinski definition) is 5. The molecule has 0 amide bonds. The van der Waals surface area contributed by atoms with Crippen LogP contribution < -0.4 is 9.62 Å². The van der Waals surface area contributed by atoms with Crippen molar-refractivity contribution in [2.75, 3.05) is 37.8 Å². The van der Waals surface area contributed by atoms with Crippen LogP contribution in [0, 0.1) is 0 Å². The number of benzene rings is 2. The lowest BCUT2D eigenvalue weighted by molar-refractivity contribution is 0.521. The third kappa shape index (κ3) is 4.29. The molecule has 0 radical (unpaired) electrons. The molecule has 0 heterocycles. The number of anilines is 2. The van der Waals surface area contributed by atoms with Crippen molar-refractivity contribution in [1.29, 1.82) is 0 Å². The van der Waals surface area contributed by atoms with Crippen molar-refractivity contribution >= 4 is 43.0 Å². The summed E-state index contributed by atoms with van der Waals surface area (Å²) in [4.78, 5) is 1.69. The van der Waals surface area contributed by atoms with E-state index in [0.717, 1.165) is 4.31 Å². The zero-order chi connectivity index (χ0) is 19.7. The van der Waals surface area contributed by atoms with Crippen LogP contribution in [0.4, 0.5) is 11.4 Å². The van der Waals surface area contributed by atoms with Gasteiger partial charge in [0.05, 0.1) is 21.2 Å². The van der Waals surface area contributed by atoms with Gasteiger partial charge in [-0.15, -0.1) is 0 Å². The van der Waals surface area contributed by atoms with Crippen LogP contribution >= 0.6 is 11.6 Å². The van der Waals surface area contributed by atoms with Gasteiger partial charge in [-0.05, 0) is 42.5 Å². The van der Waals surface area contributed by atoms with E-state index in [9.17, 15) is 16.8 Å². The SMILES string of the molecule is CN(C)c1ccc(S(=O)(=O)N(C)C)cc1NS(=O)(=O)c1ccc(Cl)cc1. The van der Waals surface area contributed by atoms with Gasteiger partial charge >= 0.3 is 0 Å². The number of nitrogens with one attached hydrogen (secondary N) is 1. The fourth-order valence-electron chi connectivity index (χ4n) is 2.18. The maximum atomic E-state index is 12.6. The van der Waals surface area contributed by atoms with E-state index in [1.54, 1.807) is 25.1 Å². The largest absolute Gasteiger partial charge is 0.376 e. The fraction of sp³-hybridized carbons (Fsp3) is 0.250. The van der Waals surface area contributed by atoms with Crippen molar-refractivity contribution < 1.29 is 16.8 Å². The number of nitrogens with zero attached hydrogens (tertiary/aromatic N) is 2. The van der Waals surface area contributed by atoms with Gasteiger partial charge in [0.1, 0.15) is 0 Å². The summed E-state index contributed by atoms with van der Waals surface area (Å²) in [6, 6.07) is 9.98. The summed E-state index contributed by atoms with van der Waals surface area (Å²) in [5.41, 5.74) is 0.688. The predicted molar refractivity (Wildman–Crippen MR) is 104 cm³/mol. The smallest absolute Gasteiger partial charge is 0.261 e. The third-order valence-corrected chi connectivity index (χ3v) is 7.04. The van der Waals surface area contributed by atoms with E-state index in [-0.39, 0.29) is 15.5 Å². The Morgan fingerprint density at radius 3 is 1.88 bits per heavy atom. The minimum Gasteiger partial charge on any atom is -0.376 e. The molecular formula is C16H20ClN3O4S2. The van der Waals surface area contributed by atoms with Gasteiger partial charge in [-0.3, -0.25) is 4.72 Å². The molecule has 0 aromatic heterocycles. The van der Waals surface area contributed by atoms with E-state index < -0.39 is 20.0 Å². The van der Waals surface area contributed by atoms with Crippen molar-refractivity contribution in [2.45, 2.75) is 9.79 Å². The van der Waals surface area contributed by atoms with Gasteiger partial charge in [-0.1, -0.05) is 11.6 Å². The van der Waals surface area contributed by atoms with Crippen LogP contribution in [0.1, 0.15) is 0 Å². The van der Waals surface area contributed by atoms with Gasteiger partial charge in [0.15, 0.2) is 0 Å². The molecule has 0 saturated carbocycles. The quantitative estimate of drug-likeness (QED) is 0.780. The molecule has 2 aromatic rings. The average Bonchev–Trinajstić information content (AvgIpc) is 2.54. The normalized spacial score (nSPS) is 12.2. The first-order chi connectivity index (χ1) is 11.9.